The Morgan fingerprint density at radius 3 is 2.39 bits per heavy atom. The standard InChI is InChI=1S/C24H24N6O4S2/c1-29-23(26-27-28-29)36-14-17-13-35-22-24(25,33-2)21(32)30(22)18(17)20(31)34-19(15-9-5-3-6-10-15)16-11-7-4-8-12-16/h3-12,19,22H,13-14,25H2,1-2H3/t22-,24+/m1/s1. The third kappa shape index (κ3) is 4.30. The molecule has 3 aromatic rings. The molecule has 0 bridgehead atoms. The van der Waals surface area contributed by atoms with Gasteiger partial charge in [-0.15, -0.1) is 16.9 Å². The molecule has 1 fully saturated rings. The lowest BCUT2D eigenvalue weighted by Crippen LogP contribution is -2.78. The van der Waals surface area contributed by atoms with Crippen molar-refractivity contribution in [2.75, 3.05) is 18.6 Å². The molecule has 0 spiro atoms. The predicted octanol–water partition coefficient (Wildman–Crippen LogP) is 2.11. The summed E-state index contributed by atoms with van der Waals surface area (Å²) in [5.74, 6) is -0.210. The monoisotopic (exact) mass is 524 g/mol. The Labute approximate surface area is 216 Å². The van der Waals surface area contributed by atoms with E-state index in [4.69, 9.17) is 15.2 Å². The number of aryl methyl sites for hydroxylation is 1. The van der Waals surface area contributed by atoms with E-state index >= 15 is 0 Å². The fourth-order valence-electron chi connectivity index (χ4n) is 4.14. The fourth-order valence-corrected chi connectivity index (χ4v) is 6.53. The number of nitrogens with two attached hydrogens (primary N) is 1. The normalized spacial score (nSPS) is 21.4. The van der Waals surface area contributed by atoms with Crippen LogP contribution in [0.25, 0.3) is 0 Å². The summed E-state index contributed by atoms with van der Waals surface area (Å²) in [6, 6.07) is 19.0. The number of ether oxygens (including phenoxy) is 2. The van der Waals surface area contributed by atoms with Gasteiger partial charge in [0, 0.05) is 25.7 Å². The maximum atomic E-state index is 13.8. The molecule has 10 nitrogen and oxygen atoms in total. The van der Waals surface area contributed by atoms with E-state index in [1.807, 2.05) is 60.7 Å². The van der Waals surface area contributed by atoms with Crippen molar-refractivity contribution in [1.29, 1.82) is 0 Å². The molecule has 0 saturated carbocycles. The van der Waals surface area contributed by atoms with Crippen molar-refractivity contribution in [3.8, 4) is 0 Å². The van der Waals surface area contributed by atoms with Gasteiger partial charge in [0.15, 0.2) is 6.10 Å². The summed E-state index contributed by atoms with van der Waals surface area (Å²) in [7, 11) is 3.13. The van der Waals surface area contributed by atoms with Gasteiger partial charge in [-0.3, -0.25) is 15.4 Å². The molecule has 0 radical (unpaired) electrons. The number of thioether (sulfide) groups is 2. The molecule has 2 aliphatic rings. The van der Waals surface area contributed by atoms with Gasteiger partial charge in [-0.25, -0.2) is 9.48 Å². The number of tetrazole rings is 1. The molecule has 3 heterocycles. The van der Waals surface area contributed by atoms with Crippen molar-refractivity contribution in [2.24, 2.45) is 12.8 Å². The third-order valence-corrected chi connectivity index (χ3v) is 8.55. The van der Waals surface area contributed by atoms with E-state index in [0.29, 0.717) is 16.7 Å². The number of methoxy groups -OCH3 is 1. The van der Waals surface area contributed by atoms with E-state index < -0.39 is 29.1 Å². The maximum Gasteiger partial charge on any atom is 0.356 e. The molecule has 0 unspecified atom stereocenters. The van der Waals surface area contributed by atoms with Crippen molar-refractivity contribution >= 4 is 35.4 Å². The lowest BCUT2D eigenvalue weighted by molar-refractivity contribution is -0.183. The molecule has 2 atom stereocenters. The van der Waals surface area contributed by atoms with Gasteiger partial charge in [-0.2, -0.15) is 0 Å². The largest absolute Gasteiger partial charge is 0.448 e. The van der Waals surface area contributed by atoms with Crippen LogP contribution in [0.3, 0.4) is 0 Å². The number of β-lactam (4-membered cyclic amide) rings is 1. The third-order valence-electron chi connectivity index (χ3n) is 6.06. The Morgan fingerprint density at radius 2 is 1.83 bits per heavy atom. The van der Waals surface area contributed by atoms with E-state index in [0.717, 1.165) is 16.7 Å². The van der Waals surface area contributed by atoms with E-state index in [2.05, 4.69) is 15.5 Å². The van der Waals surface area contributed by atoms with Gasteiger partial charge in [0.05, 0.1) is 0 Å². The summed E-state index contributed by atoms with van der Waals surface area (Å²) in [4.78, 5) is 28.3. The van der Waals surface area contributed by atoms with Crippen LogP contribution in [0.15, 0.2) is 77.1 Å². The predicted molar refractivity (Wildman–Crippen MR) is 134 cm³/mol. The highest BCUT2D eigenvalue weighted by Crippen LogP contribution is 2.46. The van der Waals surface area contributed by atoms with Crippen molar-refractivity contribution in [3.63, 3.8) is 0 Å². The summed E-state index contributed by atoms with van der Waals surface area (Å²) < 4.78 is 13.0. The Bertz CT molecular complexity index is 1260. The average Bonchev–Trinajstić information content (AvgIpc) is 3.34. The van der Waals surface area contributed by atoms with Crippen molar-refractivity contribution in [1.82, 2.24) is 25.1 Å². The number of hydrogen-bond acceptors (Lipinski definition) is 10. The molecule has 2 aliphatic heterocycles. The maximum absolute atomic E-state index is 13.8. The molecular weight excluding hydrogens is 500 g/mol. The smallest absolute Gasteiger partial charge is 0.356 e. The van der Waals surface area contributed by atoms with Gasteiger partial charge in [-0.1, -0.05) is 72.4 Å². The molecule has 186 valence electrons. The van der Waals surface area contributed by atoms with Gasteiger partial charge >= 0.3 is 5.97 Å². The Balaban J connectivity index is 1.50. The molecule has 5 rings (SSSR count). The Kier molecular flexibility index (Phi) is 6.84. The number of fused-ring (bicyclic) bond motifs is 1. The second-order valence-corrected chi connectivity index (χ2v) is 10.3. The Hall–Kier alpha value is -3.19. The number of esters is 1. The summed E-state index contributed by atoms with van der Waals surface area (Å²) in [5.41, 5.74) is 7.31. The van der Waals surface area contributed by atoms with Gasteiger partial charge in [0.1, 0.15) is 11.1 Å². The second kappa shape index (κ2) is 10.1. The molecule has 12 heteroatoms. The van der Waals surface area contributed by atoms with Crippen LogP contribution < -0.4 is 5.73 Å². The summed E-state index contributed by atoms with van der Waals surface area (Å²) >= 11 is 2.82. The number of carbonyl (C=O) groups excluding carboxylic acids is 2. The first-order valence-electron chi connectivity index (χ1n) is 11.1. The van der Waals surface area contributed by atoms with Crippen LogP contribution >= 0.6 is 23.5 Å². The minimum atomic E-state index is -1.49. The topological polar surface area (TPSA) is 125 Å². The fraction of sp³-hybridized carbons (Fsp3) is 0.292. The van der Waals surface area contributed by atoms with Crippen LogP contribution in [0.4, 0.5) is 0 Å². The highest BCUT2D eigenvalue weighted by Gasteiger charge is 2.63. The molecular formula is C24H24N6O4S2. The summed E-state index contributed by atoms with van der Waals surface area (Å²) in [6.07, 6.45) is -0.654. The minimum absolute atomic E-state index is 0.196. The first-order valence-corrected chi connectivity index (χ1v) is 13.1. The lowest BCUT2D eigenvalue weighted by atomic mass is 9.99. The zero-order valence-corrected chi connectivity index (χ0v) is 21.2. The van der Waals surface area contributed by atoms with Crippen LogP contribution in [0.2, 0.25) is 0 Å². The number of carbonyl (C=O) groups is 2. The number of nitrogens with zero attached hydrogens (tertiary/aromatic N) is 5. The summed E-state index contributed by atoms with van der Waals surface area (Å²) in [6.45, 7) is 0. The van der Waals surface area contributed by atoms with Gasteiger partial charge < -0.3 is 9.47 Å². The van der Waals surface area contributed by atoms with E-state index in [1.54, 1.807) is 11.7 Å². The van der Waals surface area contributed by atoms with Crippen molar-refractivity contribution < 1.29 is 19.1 Å². The first-order chi connectivity index (χ1) is 17.4. The number of benzene rings is 2. The molecule has 1 aromatic heterocycles. The molecule has 1 amide bonds. The number of aromatic nitrogens is 4. The molecule has 1 saturated heterocycles. The minimum Gasteiger partial charge on any atom is -0.448 e. The summed E-state index contributed by atoms with van der Waals surface area (Å²) in [5, 5.41) is 11.6. The lowest BCUT2D eigenvalue weighted by Gasteiger charge is -2.54. The molecule has 0 aliphatic carbocycles. The van der Waals surface area contributed by atoms with E-state index in [1.165, 1.54) is 35.5 Å². The van der Waals surface area contributed by atoms with Crippen LogP contribution in [-0.4, -0.2) is 66.7 Å². The van der Waals surface area contributed by atoms with Crippen LogP contribution in [-0.2, 0) is 26.1 Å². The van der Waals surface area contributed by atoms with Gasteiger partial charge in [0.25, 0.3) is 5.91 Å². The first kappa shape index (κ1) is 24.5. The zero-order valence-electron chi connectivity index (χ0n) is 19.6. The molecule has 2 N–H and O–H groups in total. The number of amides is 1. The highest BCUT2D eigenvalue weighted by atomic mass is 32.2. The van der Waals surface area contributed by atoms with Gasteiger partial charge in [-0.05, 0) is 27.1 Å². The van der Waals surface area contributed by atoms with Crippen LogP contribution in [0.1, 0.15) is 17.2 Å². The van der Waals surface area contributed by atoms with Crippen molar-refractivity contribution in [3.05, 3.63) is 83.1 Å². The Morgan fingerprint density at radius 1 is 1.19 bits per heavy atom. The van der Waals surface area contributed by atoms with Crippen LogP contribution in [0, 0.1) is 0 Å². The highest BCUT2D eigenvalue weighted by molar-refractivity contribution is 8.01. The van der Waals surface area contributed by atoms with Crippen molar-refractivity contribution in [2.45, 2.75) is 22.4 Å². The quantitative estimate of drug-likeness (QED) is 0.203. The molecule has 2 aromatic carbocycles. The number of rotatable bonds is 8. The second-order valence-electron chi connectivity index (χ2n) is 8.27. The van der Waals surface area contributed by atoms with Gasteiger partial charge in [0.2, 0.25) is 10.9 Å². The average molecular weight is 525 g/mol. The van der Waals surface area contributed by atoms with E-state index in [9.17, 15) is 9.59 Å². The van der Waals surface area contributed by atoms with Crippen LogP contribution in [0.5, 0.6) is 0 Å². The van der Waals surface area contributed by atoms with E-state index in [-0.39, 0.29) is 5.70 Å². The zero-order chi connectivity index (χ0) is 25.3. The SMILES string of the molecule is CO[C@@]1(N)C(=O)N2C(C(=O)OC(c3ccccc3)c3ccccc3)=C(CSc3nnnn3C)CS[C@@H]21. The molecule has 36 heavy (non-hydrogen) atoms. The number of hydrogen-bond donors (Lipinski definition) is 1.